The summed E-state index contributed by atoms with van der Waals surface area (Å²) < 4.78 is 0. The first-order valence-electron chi connectivity index (χ1n) is 5.30. The van der Waals surface area contributed by atoms with Crippen molar-refractivity contribution >= 4 is 0 Å². The average molecular weight is 154 g/mol. The minimum absolute atomic E-state index is 0.980. The highest BCUT2D eigenvalue weighted by molar-refractivity contribution is 4.64. The van der Waals surface area contributed by atoms with E-state index in [-0.39, 0.29) is 0 Å². The lowest BCUT2D eigenvalue weighted by Gasteiger charge is -2.17. The van der Waals surface area contributed by atoms with Crippen molar-refractivity contribution in [3.05, 3.63) is 0 Å². The summed E-state index contributed by atoms with van der Waals surface area (Å²) in [5.74, 6) is 1.96. The fraction of sp³-hybridized carbons (Fsp3) is 1.00. The third kappa shape index (κ3) is 3.27. The molecule has 0 saturated heterocycles. The van der Waals surface area contributed by atoms with Gasteiger partial charge in [0.05, 0.1) is 0 Å². The molecule has 0 aromatic carbocycles. The normalized spacial score (nSPS) is 35.5. The molecule has 1 aliphatic rings. The second-order valence-electron chi connectivity index (χ2n) is 4.30. The Balaban J connectivity index is 2.29. The fourth-order valence-electron chi connectivity index (χ4n) is 2.03. The van der Waals surface area contributed by atoms with E-state index in [2.05, 4.69) is 13.8 Å². The minimum Gasteiger partial charge on any atom is -0.0623 e. The number of hydrogen-bond acceptors (Lipinski definition) is 0. The van der Waals surface area contributed by atoms with E-state index in [0.29, 0.717) is 0 Å². The molecule has 0 aromatic rings. The first-order valence-corrected chi connectivity index (χ1v) is 5.30. The Morgan fingerprint density at radius 3 is 1.45 bits per heavy atom. The molecule has 0 spiro atoms. The summed E-state index contributed by atoms with van der Waals surface area (Å²) in [6.07, 6.45) is 10.4. The molecule has 66 valence electrons. The van der Waals surface area contributed by atoms with Crippen molar-refractivity contribution in [3.63, 3.8) is 0 Å². The predicted octanol–water partition coefficient (Wildman–Crippen LogP) is 4.00. The molecule has 0 N–H and O–H groups in total. The van der Waals surface area contributed by atoms with Crippen LogP contribution in [0.1, 0.15) is 58.8 Å². The highest BCUT2D eigenvalue weighted by atomic mass is 14.2. The highest BCUT2D eigenvalue weighted by Gasteiger charge is 2.12. The molecule has 1 rings (SSSR count). The van der Waals surface area contributed by atoms with E-state index >= 15 is 0 Å². The molecule has 1 saturated carbocycles. The van der Waals surface area contributed by atoms with Crippen LogP contribution in [-0.4, -0.2) is 0 Å². The van der Waals surface area contributed by atoms with Gasteiger partial charge in [-0.25, -0.2) is 0 Å². The van der Waals surface area contributed by atoms with Gasteiger partial charge in [0.1, 0.15) is 0 Å². The second kappa shape index (κ2) is 4.79. The van der Waals surface area contributed by atoms with Crippen molar-refractivity contribution in [3.8, 4) is 0 Å². The van der Waals surface area contributed by atoms with Crippen LogP contribution in [0.5, 0.6) is 0 Å². The lowest BCUT2D eigenvalue weighted by atomic mass is 9.89. The molecule has 11 heavy (non-hydrogen) atoms. The summed E-state index contributed by atoms with van der Waals surface area (Å²) in [7, 11) is 0. The van der Waals surface area contributed by atoms with Gasteiger partial charge in [0.15, 0.2) is 0 Å². The molecule has 0 heteroatoms. The van der Waals surface area contributed by atoms with Gasteiger partial charge in [0, 0.05) is 0 Å². The zero-order chi connectivity index (χ0) is 8.10. The Bertz CT molecular complexity index is 84.2. The molecule has 1 fully saturated rings. The SMILES string of the molecule is C[C@H]1CCCCCCC[C@@H]1C. The van der Waals surface area contributed by atoms with Crippen molar-refractivity contribution in [1.29, 1.82) is 0 Å². The van der Waals surface area contributed by atoms with Gasteiger partial charge in [-0.2, -0.15) is 0 Å². The summed E-state index contributed by atoms with van der Waals surface area (Å²) in [6.45, 7) is 4.85. The van der Waals surface area contributed by atoms with Crippen LogP contribution in [0.15, 0.2) is 0 Å². The Morgan fingerprint density at radius 2 is 1.00 bits per heavy atom. The van der Waals surface area contributed by atoms with Crippen molar-refractivity contribution < 1.29 is 0 Å². The van der Waals surface area contributed by atoms with Gasteiger partial charge >= 0.3 is 0 Å². The van der Waals surface area contributed by atoms with Crippen LogP contribution in [0.2, 0.25) is 0 Å². The third-order valence-electron chi connectivity index (χ3n) is 3.29. The van der Waals surface area contributed by atoms with Crippen LogP contribution >= 0.6 is 0 Å². The van der Waals surface area contributed by atoms with E-state index < -0.39 is 0 Å². The molecule has 0 unspecified atom stereocenters. The lowest BCUT2D eigenvalue weighted by molar-refractivity contribution is 0.339. The maximum atomic E-state index is 2.43. The predicted molar refractivity (Wildman–Crippen MR) is 50.6 cm³/mol. The zero-order valence-electron chi connectivity index (χ0n) is 8.10. The Morgan fingerprint density at radius 1 is 0.636 bits per heavy atom. The maximum Gasteiger partial charge on any atom is -0.0417 e. The van der Waals surface area contributed by atoms with Crippen LogP contribution in [-0.2, 0) is 0 Å². The monoisotopic (exact) mass is 154 g/mol. The Labute approximate surface area is 71.4 Å². The fourth-order valence-corrected chi connectivity index (χ4v) is 2.03. The summed E-state index contributed by atoms with van der Waals surface area (Å²) in [5, 5.41) is 0. The molecule has 0 aliphatic heterocycles. The van der Waals surface area contributed by atoms with Crippen LogP contribution in [0.3, 0.4) is 0 Å². The van der Waals surface area contributed by atoms with Crippen molar-refractivity contribution in [1.82, 2.24) is 0 Å². The van der Waals surface area contributed by atoms with Gasteiger partial charge in [0.2, 0.25) is 0 Å². The third-order valence-corrected chi connectivity index (χ3v) is 3.29. The smallest absolute Gasteiger partial charge is 0.0417 e. The number of rotatable bonds is 0. The van der Waals surface area contributed by atoms with Gasteiger partial charge in [-0.1, -0.05) is 58.8 Å². The maximum absolute atomic E-state index is 2.43. The first-order chi connectivity index (χ1) is 5.30. The molecular weight excluding hydrogens is 132 g/mol. The van der Waals surface area contributed by atoms with E-state index in [1.807, 2.05) is 0 Å². The molecule has 0 amide bonds. The molecule has 0 bridgehead atoms. The summed E-state index contributed by atoms with van der Waals surface area (Å²) in [5.41, 5.74) is 0. The van der Waals surface area contributed by atoms with Gasteiger partial charge in [-0.05, 0) is 11.8 Å². The first kappa shape index (κ1) is 9.09. The molecule has 0 aromatic heterocycles. The molecule has 2 atom stereocenters. The quantitative estimate of drug-likeness (QED) is 0.494. The summed E-state index contributed by atoms with van der Waals surface area (Å²) in [6, 6.07) is 0. The molecule has 0 heterocycles. The van der Waals surface area contributed by atoms with Gasteiger partial charge in [-0.15, -0.1) is 0 Å². The standard InChI is InChI=1S/C11H22/c1-10-8-6-4-3-5-7-9-11(10)2/h10-11H,3-9H2,1-2H3/t10-,11-/m0/s1. The van der Waals surface area contributed by atoms with E-state index in [4.69, 9.17) is 0 Å². The molecular formula is C11H22. The van der Waals surface area contributed by atoms with E-state index in [1.165, 1.54) is 44.9 Å². The van der Waals surface area contributed by atoms with Crippen LogP contribution < -0.4 is 0 Å². The highest BCUT2D eigenvalue weighted by Crippen LogP contribution is 2.25. The second-order valence-corrected chi connectivity index (χ2v) is 4.30. The van der Waals surface area contributed by atoms with Crippen molar-refractivity contribution in [2.24, 2.45) is 11.8 Å². The topological polar surface area (TPSA) is 0 Å². The van der Waals surface area contributed by atoms with E-state index in [1.54, 1.807) is 0 Å². The Hall–Kier alpha value is 0. The largest absolute Gasteiger partial charge is 0.0623 e. The number of hydrogen-bond donors (Lipinski definition) is 0. The molecule has 0 radical (unpaired) electrons. The van der Waals surface area contributed by atoms with E-state index in [0.717, 1.165) is 11.8 Å². The van der Waals surface area contributed by atoms with Crippen molar-refractivity contribution in [2.75, 3.05) is 0 Å². The van der Waals surface area contributed by atoms with Gasteiger partial charge < -0.3 is 0 Å². The van der Waals surface area contributed by atoms with Crippen LogP contribution in [0.25, 0.3) is 0 Å². The van der Waals surface area contributed by atoms with Gasteiger partial charge in [-0.3, -0.25) is 0 Å². The van der Waals surface area contributed by atoms with Crippen LogP contribution in [0.4, 0.5) is 0 Å². The molecule has 0 nitrogen and oxygen atoms in total. The average Bonchev–Trinajstić information content (AvgIpc) is 2.07. The molecule has 1 aliphatic carbocycles. The lowest BCUT2D eigenvalue weighted by Crippen LogP contribution is -2.06. The summed E-state index contributed by atoms with van der Waals surface area (Å²) >= 11 is 0. The minimum atomic E-state index is 0.980. The van der Waals surface area contributed by atoms with Gasteiger partial charge in [0.25, 0.3) is 0 Å². The Kier molecular flexibility index (Phi) is 3.96. The summed E-state index contributed by atoms with van der Waals surface area (Å²) in [4.78, 5) is 0. The van der Waals surface area contributed by atoms with Crippen molar-refractivity contribution in [2.45, 2.75) is 58.8 Å². The van der Waals surface area contributed by atoms with Crippen LogP contribution in [0, 0.1) is 11.8 Å². The zero-order valence-corrected chi connectivity index (χ0v) is 8.10. The van der Waals surface area contributed by atoms with E-state index in [9.17, 15) is 0 Å².